The Bertz CT molecular complexity index is 548. The highest BCUT2D eigenvalue weighted by molar-refractivity contribution is 5.91. The average Bonchev–Trinajstić information content (AvgIpc) is 3.11. The minimum Gasteiger partial charge on any atom is -0.370 e. The molecule has 0 unspecified atom stereocenters. The van der Waals surface area contributed by atoms with E-state index in [0.29, 0.717) is 45.1 Å². The molecule has 3 amide bonds. The molecule has 0 radical (unpaired) electrons. The minimum atomic E-state index is -0.685. The summed E-state index contributed by atoms with van der Waals surface area (Å²) >= 11 is 0. The number of amides is 3. The summed E-state index contributed by atoms with van der Waals surface area (Å²) < 4.78 is 0. The fourth-order valence-corrected chi connectivity index (χ4v) is 2.69. The zero-order valence-electron chi connectivity index (χ0n) is 14.6. The van der Waals surface area contributed by atoms with Gasteiger partial charge < -0.3 is 37.5 Å². The molecule has 1 aliphatic rings. The quantitative estimate of drug-likeness (QED) is 0.116. The van der Waals surface area contributed by atoms with Gasteiger partial charge in [-0.05, 0) is 25.7 Å². The Morgan fingerprint density at radius 2 is 2.04 bits per heavy atom. The highest BCUT2D eigenvalue weighted by atomic mass is 16.2. The standard InChI is InChI=1S/C15H27N7O4/c16-7-13(25)22-6-2-4-11(22)14(26)20-8-12(24)21-10(9-23)3-1-5-19-15(17)18/h9-11H,1-8,16H2,(H,20,26)(H,21,24)(H4,17,18,19)/t10-,11-/m0/s1. The molecular formula is C15H27N7O4. The van der Waals surface area contributed by atoms with E-state index < -0.39 is 23.9 Å². The van der Waals surface area contributed by atoms with Gasteiger partial charge in [0, 0.05) is 13.1 Å². The molecule has 1 saturated heterocycles. The maximum Gasteiger partial charge on any atom is 0.243 e. The summed E-state index contributed by atoms with van der Waals surface area (Å²) in [5.41, 5.74) is 15.7. The van der Waals surface area contributed by atoms with Gasteiger partial charge in [0.25, 0.3) is 0 Å². The van der Waals surface area contributed by atoms with Crippen LogP contribution in [0.1, 0.15) is 25.7 Å². The normalized spacial score (nSPS) is 17.3. The van der Waals surface area contributed by atoms with Crippen molar-refractivity contribution in [3.63, 3.8) is 0 Å². The molecule has 146 valence electrons. The topological polar surface area (TPSA) is 186 Å². The van der Waals surface area contributed by atoms with Gasteiger partial charge in [0.05, 0.1) is 19.1 Å². The number of carbonyl (C=O) groups is 4. The van der Waals surface area contributed by atoms with Gasteiger partial charge in [0.15, 0.2) is 5.96 Å². The summed E-state index contributed by atoms with van der Waals surface area (Å²) in [4.78, 5) is 52.0. The summed E-state index contributed by atoms with van der Waals surface area (Å²) in [6, 6.07) is -1.30. The van der Waals surface area contributed by atoms with Crippen LogP contribution in [-0.4, -0.2) is 73.1 Å². The van der Waals surface area contributed by atoms with Gasteiger partial charge in [-0.3, -0.25) is 19.4 Å². The molecule has 0 aromatic heterocycles. The van der Waals surface area contributed by atoms with Gasteiger partial charge in [0.2, 0.25) is 17.7 Å². The third-order valence-electron chi connectivity index (χ3n) is 3.95. The number of nitrogens with one attached hydrogen (secondary N) is 2. The van der Waals surface area contributed by atoms with Crippen molar-refractivity contribution in [2.75, 3.05) is 26.2 Å². The van der Waals surface area contributed by atoms with Crippen LogP contribution in [0.2, 0.25) is 0 Å². The largest absolute Gasteiger partial charge is 0.370 e. The molecule has 0 saturated carbocycles. The SMILES string of the molecule is NCC(=O)N1CCC[C@H]1C(=O)NCC(=O)N[C@H](C=O)CCCN=C(N)N. The lowest BCUT2D eigenvalue weighted by Gasteiger charge is -2.23. The first-order chi connectivity index (χ1) is 12.4. The van der Waals surface area contributed by atoms with Crippen LogP contribution in [0.15, 0.2) is 4.99 Å². The maximum absolute atomic E-state index is 12.2. The number of carbonyl (C=O) groups excluding carboxylic acids is 4. The number of guanidine groups is 1. The minimum absolute atomic E-state index is 0.0338. The molecule has 1 fully saturated rings. The fraction of sp³-hybridized carbons (Fsp3) is 0.667. The van der Waals surface area contributed by atoms with E-state index >= 15 is 0 Å². The van der Waals surface area contributed by atoms with Crippen molar-refractivity contribution in [3.8, 4) is 0 Å². The van der Waals surface area contributed by atoms with Crippen molar-refractivity contribution in [2.24, 2.45) is 22.2 Å². The first-order valence-electron chi connectivity index (χ1n) is 8.46. The molecule has 0 bridgehead atoms. The lowest BCUT2D eigenvalue weighted by Crippen LogP contribution is -2.50. The van der Waals surface area contributed by atoms with Crippen LogP contribution in [0.25, 0.3) is 0 Å². The Balaban J connectivity index is 2.37. The van der Waals surface area contributed by atoms with Crippen molar-refractivity contribution < 1.29 is 19.2 Å². The molecule has 0 aromatic rings. The van der Waals surface area contributed by atoms with E-state index in [1.165, 1.54) is 4.90 Å². The first kappa shape index (κ1) is 21.4. The Morgan fingerprint density at radius 3 is 2.65 bits per heavy atom. The Kier molecular flexibility index (Phi) is 9.06. The average molecular weight is 369 g/mol. The summed E-state index contributed by atoms with van der Waals surface area (Å²) in [6.45, 7) is 0.388. The highest BCUT2D eigenvalue weighted by Crippen LogP contribution is 2.17. The molecule has 1 aliphatic heterocycles. The van der Waals surface area contributed by atoms with E-state index in [1.54, 1.807) is 0 Å². The molecule has 2 atom stereocenters. The first-order valence-corrected chi connectivity index (χ1v) is 8.46. The van der Waals surface area contributed by atoms with E-state index in [4.69, 9.17) is 17.2 Å². The number of likely N-dealkylation sites (tertiary alicyclic amines) is 1. The molecule has 0 aromatic carbocycles. The van der Waals surface area contributed by atoms with Gasteiger partial charge in [-0.15, -0.1) is 0 Å². The molecule has 1 rings (SSSR count). The number of hydrogen-bond acceptors (Lipinski definition) is 6. The van der Waals surface area contributed by atoms with Crippen LogP contribution in [-0.2, 0) is 19.2 Å². The molecule has 11 nitrogen and oxygen atoms in total. The van der Waals surface area contributed by atoms with Crippen molar-refractivity contribution >= 4 is 30.0 Å². The molecule has 1 heterocycles. The van der Waals surface area contributed by atoms with Gasteiger partial charge in [-0.1, -0.05) is 0 Å². The number of nitrogens with zero attached hydrogens (tertiary/aromatic N) is 2. The zero-order valence-corrected chi connectivity index (χ0v) is 14.6. The second-order valence-corrected chi connectivity index (χ2v) is 5.93. The van der Waals surface area contributed by atoms with Crippen LogP contribution in [0, 0.1) is 0 Å². The Labute approximate surface area is 151 Å². The third kappa shape index (κ3) is 7.05. The van der Waals surface area contributed by atoms with Crippen LogP contribution in [0.5, 0.6) is 0 Å². The molecule has 11 heteroatoms. The van der Waals surface area contributed by atoms with E-state index in [2.05, 4.69) is 15.6 Å². The summed E-state index contributed by atoms with van der Waals surface area (Å²) in [6.07, 6.45) is 2.75. The molecule has 26 heavy (non-hydrogen) atoms. The number of aliphatic imine (C=N–C) groups is 1. The predicted octanol–water partition coefficient (Wildman–Crippen LogP) is -3.21. The van der Waals surface area contributed by atoms with Crippen molar-refractivity contribution in [2.45, 2.75) is 37.8 Å². The summed E-state index contributed by atoms with van der Waals surface area (Å²) in [5.74, 6) is -1.23. The predicted molar refractivity (Wildman–Crippen MR) is 94.7 cm³/mol. The summed E-state index contributed by atoms with van der Waals surface area (Å²) in [7, 11) is 0. The Hall–Kier alpha value is -2.69. The van der Waals surface area contributed by atoms with Gasteiger partial charge in [-0.2, -0.15) is 0 Å². The van der Waals surface area contributed by atoms with Crippen molar-refractivity contribution in [1.29, 1.82) is 0 Å². The lowest BCUT2D eigenvalue weighted by molar-refractivity contribution is -0.137. The van der Waals surface area contributed by atoms with Gasteiger partial charge in [-0.25, -0.2) is 0 Å². The number of rotatable bonds is 10. The van der Waals surface area contributed by atoms with E-state index in [0.717, 1.165) is 0 Å². The molecule has 0 spiro atoms. The second kappa shape index (κ2) is 11.0. The van der Waals surface area contributed by atoms with E-state index in [-0.39, 0.29) is 25.0 Å². The second-order valence-electron chi connectivity index (χ2n) is 5.93. The number of nitrogens with two attached hydrogens (primary N) is 3. The van der Waals surface area contributed by atoms with Crippen molar-refractivity contribution in [3.05, 3.63) is 0 Å². The molecule has 8 N–H and O–H groups in total. The highest BCUT2D eigenvalue weighted by Gasteiger charge is 2.33. The van der Waals surface area contributed by atoms with E-state index in [9.17, 15) is 19.2 Å². The van der Waals surface area contributed by atoms with Crippen LogP contribution in [0.4, 0.5) is 0 Å². The third-order valence-corrected chi connectivity index (χ3v) is 3.95. The van der Waals surface area contributed by atoms with Crippen LogP contribution < -0.4 is 27.8 Å². The van der Waals surface area contributed by atoms with Gasteiger partial charge >= 0.3 is 0 Å². The molecular weight excluding hydrogens is 342 g/mol. The fourth-order valence-electron chi connectivity index (χ4n) is 2.69. The zero-order chi connectivity index (χ0) is 19.5. The van der Waals surface area contributed by atoms with E-state index in [1.807, 2.05) is 0 Å². The van der Waals surface area contributed by atoms with Gasteiger partial charge in [0.1, 0.15) is 12.3 Å². The van der Waals surface area contributed by atoms with Crippen LogP contribution in [0.3, 0.4) is 0 Å². The molecule has 0 aliphatic carbocycles. The Morgan fingerprint density at radius 1 is 1.31 bits per heavy atom. The monoisotopic (exact) mass is 369 g/mol. The van der Waals surface area contributed by atoms with Crippen LogP contribution >= 0.6 is 0 Å². The maximum atomic E-state index is 12.2. The number of aldehydes is 1. The smallest absolute Gasteiger partial charge is 0.243 e. The lowest BCUT2D eigenvalue weighted by atomic mass is 10.1. The number of hydrogen-bond donors (Lipinski definition) is 5. The summed E-state index contributed by atoms with van der Waals surface area (Å²) in [5, 5.41) is 5.00. The van der Waals surface area contributed by atoms with Crippen molar-refractivity contribution in [1.82, 2.24) is 15.5 Å².